The number of nitrogens with one attached hydrogen (secondary N) is 1. The summed E-state index contributed by atoms with van der Waals surface area (Å²) in [5.41, 5.74) is 1.12. The zero-order valence-corrected chi connectivity index (χ0v) is 14.9. The second kappa shape index (κ2) is 11.3. The highest BCUT2D eigenvalue weighted by Crippen LogP contribution is 2.32. The summed E-state index contributed by atoms with van der Waals surface area (Å²) in [5, 5.41) is 4.70. The molecule has 0 aromatic heterocycles. The van der Waals surface area contributed by atoms with Gasteiger partial charge in [-0.2, -0.15) is 0 Å². The predicted octanol–water partition coefficient (Wildman–Crippen LogP) is 6.78. The molecule has 0 saturated heterocycles. The fraction of sp³-hybridized carbons (Fsp3) is 0.667. The van der Waals surface area contributed by atoms with Crippen LogP contribution < -0.4 is 5.32 Å². The molecule has 1 aromatic carbocycles. The molecule has 0 heterocycles. The van der Waals surface area contributed by atoms with Crippen LogP contribution in [0.4, 0.5) is 0 Å². The van der Waals surface area contributed by atoms with Crippen molar-refractivity contribution in [2.24, 2.45) is 0 Å². The average molecular weight is 330 g/mol. The molecule has 21 heavy (non-hydrogen) atoms. The molecule has 0 spiro atoms. The van der Waals surface area contributed by atoms with Crippen molar-refractivity contribution in [1.29, 1.82) is 0 Å². The highest BCUT2D eigenvalue weighted by atomic mass is 35.5. The van der Waals surface area contributed by atoms with Crippen LogP contribution in [0.1, 0.15) is 76.3 Å². The Morgan fingerprint density at radius 2 is 1.57 bits per heavy atom. The van der Waals surface area contributed by atoms with E-state index in [1.165, 1.54) is 51.4 Å². The molecule has 0 amide bonds. The number of halogens is 2. The van der Waals surface area contributed by atoms with Crippen molar-refractivity contribution >= 4 is 23.2 Å². The Kier molecular flexibility index (Phi) is 10.2. The van der Waals surface area contributed by atoms with Crippen LogP contribution >= 0.6 is 23.2 Å². The molecule has 1 nitrogen and oxygen atoms in total. The van der Waals surface area contributed by atoms with Gasteiger partial charge in [-0.25, -0.2) is 0 Å². The van der Waals surface area contributed by atoms with E-state index in [0.717, 1.165) is 12.0 Å². The van der Waals surface area contributed by atoms with Crippen molar-refractivity contribution in [1.82, 2.24) is 5.32 Å². The molecule has 0 fully saturated rings. The average Bonchev–Trinajstić information content (AvgIpc) is 2.49. The molecule has 0 aliphatic heterocycles. The first-order valence-corrected chi connectivity index (χ1v) is 9.07. The Labute approximate surface area is 140 Å². The van der Waals surface area contributed by atoms with Crippen molar-refractivity contribution < 1.29 is 0 Å². The normalized spacial score (nSPS) is 12.6. The van der Waals surface area contributed by atoms with Gasteiger partial charge in [-0.05, 0) is 25.1 Å². The van der Waals surface area contributed by atoms with Crippen LogP contribution in [-0.4, -0.2) is 7.05 Å². The summed E-state index contributed by atoms with van der Waals surface area (Å²) in [7, 11) is 1.99. The third kappa shape index (κ3) is 7.04. The Morgan fingerprint density at radius 3 is 2.19 bits per heavy atom. The summed E-state index contributed by atoms with van der Waals surface area (Å²) in [5.74, 6) is 0. The van der Waals surface area contributed by atoms with Gasteiger partial charge < -0.3 is 5.32 Å². The van der Waals surface area contributed by atoms with Crippen molar-refractivity contribution in [2.75, 3.05) is 7.05 Å². The molecular formula is C18H29Cl2N. The summed E-state index contributed by atoms with van der Waals surface area (Å²) in [6.07, 6.45) is 11.9. The van der Waals surface area contributed by atoms with Crippen LogP contribution in [0, 0.1) is 0 Å². The van der Waals surface area contributed by atoms with E-state index in [-0.39, 0.29) is 0 Å². The van der Waals surface area contributed by atoms with Gasteiger partial charge in [-0.15, -0.1) is 0 Å². The third-order valence-electron chi connectivity index (χ3n) is 4.05. The largest absolute Gasteiger partial charge is 0.313 e. The summed E-state index contributed by atoms with van der Waals surface area (Å²) >= 11 is 12.4. The Balaban J connectivity index is 2.27. The van der Waals surface area contributed by atoms with Gasteiger partial charge in [0.2, 0.25) is 0 Å². The van der Waals surface area contributed by atoms with E-state index in [4.69, 9.17) is 23.2 Å². The van der Waals surface area contributed by atoms with Crippen LogP contribution in [-0.2, 0) is 0 Å². The van der Waals surface area contributed by atoms with Gasteiger partial charge in [0.15, 0.2) is 0 Å². The molecular weight excluding hydrogens is 301 g/mol. The summed E-state index contributed by atoms with van der Waals surface area (Å²) in [6, 6.07) is 6.19. The molecule has 1 rings (SSSR count). The molecule has 0 bridgehead atoms. The van der Waals surface area contributed by atoms with Crippen LogP contribution in [0.25, 0.3) is 0 Å². The maximum Gasteiger partial charge on any atom is 0.0640 e. The highest BCUT2D eigenvalue weighted by Gasteiger charge is 2.14. The van der Waals surface area contributed by atoms with Gasteiger partial charge in [0, 0.05) is 6.04 Å². The summed E-state index contributed by atoms with van der Waals surface area (Å²) in [6.45, 7) is 2.26. The first kappa shape index (κ1) is 18.8. The van der Waals surface area contributed by atoms with Crippen molar-refractivity contribution in [3.8, 4) is 0 Å². The summed E-state index contributed by atoms with van der Waals surface area (Å²) < 4.78 is 0. The second-order valence-electron chi connectivity index (χ2n) is 5.75. The smallest absolute Gasteiger partial charge is 0.0640 e. The number of benzene rings is 1. The SMILES string of the molecule is CCCCCCCCCCC(NC)c1cccc(Cl)c1Cl. The molecule has 3 heteroatoms. The minimum absolute atomic E-state index is 0.302. The Hall–Kier alpha value is -0.240. The van der Waals surface area contributed by atoms with Crippen LogP contribution in [0.5, 0.6) is 0 Å². The van der Waals surface area contributed by atoms with Crippen LogP contribution in [0.15, 0.2) is 18.2 Å². The Bertz CT molecular complexity index is 393. The first-order chi connectivity index (χ1) is 10.2. The lowest BCUT2D eigenvalue weighted by atomic mass is 9.99. The van der Waals surface area contributed by atoms with E-state index >= 15 is 0 Å². The molecule has 0 aliphatic rings. The van der Waals surface area contributed by atoms with Crippen molar-refractivity contribution in [3.63, 3.8) is 0 Å². The zero-order valence-electron chi connectivity index (χ0n) is 13.4. The lowest BCUT2D eigenvalue weighted by molar-refractivity contribution is 0.494. The highest BCUT2D eigenvalue weighted by molar-refractivity contribution is 6.42. The number of rotatable bonds is 11. The molecule has 120 valence electrons. The number of unbranched alkanes of at least 4 members (excludes halogenated alkanes) is 7. The molecule has 0 radical (unpaired) electrons. The van der Waals surface area contributed by atoms with E-state index in [1.54, 1.807) is 0 Å². The van der Waals surface area contributed by atoms with E-state index in [0.29, 0.717) is 16.1 Å². The lowest BCUT2D eigenvalue weighted by Crippen LogP contribution is -2.16. The monoisotopic (exact) mass is 329 g/mol. The maximum absolute atomic E-state index is 6.31. The molecule has 1 atom stereocenters. The van der Waals surface area contributed by atoms with Crippen LogP contribution in [0.2, 0.25) is 10.0 Å². The number of hydrogen-bond donors (Lipinski definition) is 1. The molecule has 0 saturated carbocycles. The zero-order chi connectivity index (χ0) is 15.5. The minimum atomic E-state index is 0.302. The van der Waals surface area contributed by atoms with Gasteiger partial charge in [-0.1, -0.05) is 93.6 Å². The van der Waals surface area contributed by atoms with Gasteiger partial charge in [-0.3, -0.25) is 0 Å². The standard InChI is InChI=1S/C18H29Cl2N/c1-3-4-5-6-7-8-9-10-14-17(21-2)15-12-11-13-16(19)18(15)20/h11-13,17,21H,3-10,14H2,1-2H3. The van der Waals surface area contributed by atoms with E-state index < -0.39 is 0 Å². The van der Waals surface area contributed by atoms with Crippen LogP contribution in [0.3, 0.4) is 0 Å². The molecule has 1 N–H and O–H groups in total. The third-order valence-corrected chi connectivity index (χ3v) is 4.89. The number of hydrogen-bond acceptors (Lipinski definition) is 1. The van der Waals surface area contributed by atoms with Crippen molar-refractivity contribution in [2.45, 2.75) is 70.8 Å². The van der Waals surface area contributed by atoms with Crippen molar-refractivity contribution in [3.05, 3.63) is 33.8 Å². The topological polar surface area (TPSA) is 12.0 Å². The van der Waals surface area contributed by atoms with Gasteiger partial charge in [0.25, 0.3) is 0 Å². The molecule has 1 unspecified atom stereocenters. The lowest BCUT2D eigenvalue weighted by Gasteiger charge is -2.18. The van der Waals surface area contributed by atoms with Gasteiger partial charge in [0.05, 0.1) is 10.0 Å². The van der Waals surface area contributed by atoms with E-state index in [9.17, 15) is 0 Å². The second-order valence-corrected chi connectivity index (χ2v) is 6.53. The fourth-order valence-electron chi connectivity index (χ4n) is 2.73. The summed E-state index contributed by atoms with van der Waals surface area (Å²) in [4.78, 5) is 0. The predicted molar refractivity (Wildman–Crippen MR) is 95.5 cm³/mol. The fourth-order valence-corrected chi connectivity index (χ4v) is 3.17. The Morgan fingerprint density at radius 1 is 0.952 bits per heavy atom. The molecule has 0 aliphatic carbocycles. The van der Waals surface area contributed by atoms with Gasteiger partial charge >= 0.3 is 0 Å². The quantitative estimate of drug-likeness (QED) is 0.441. The first-order valence-electron chi connectivity index (χ1n) is 8.31. The van der Waals surface area contributed by atoms with Gasteiger partial charge in [0.1, 0.15) is 0 Å². The van der Waals surface area contributed by atoms with E-state index in [2.05, 4.69) is 18.3 Å². The maximum atomic E-state index is 6.31. The van der Waals surface area contributed by atoms with E-state index in [1.807, 2.05) is 19.2 Å². The minimum Gasteiger partial charge on any atom is -0.313 e. The molecule has 1 aromatic rings.